The van der Waals surface area contributed by atoms with Crippen molar-refractivity contribution in [3.63, 3.8) is 0 Å². The second-order valence-electron chi connectivity index (χ2n) is 4.06. The molecular weight excluding hydrogens is 276 g/mol. The van der Waals surface area contributed by atoms with Crippen molar-refractivity contribution in [3.8, 4) is 12.3 Å². The summed E-state index contributed by atoms with van der Waals surface area (Å²) >= 11 is 1.36. The Morgan fingerprint density at radius 1 is 1.40 bits per heavy atom. The van der Waals surface area contributed by atoms with Crippen LogP contribution in [0.25, 0.3) is 0 Å². The molecule has 0 bridgehead atoms. The van der Waals surface area contributed by atoms with Gasteiger partial charge in [-0.1, -0.05) is 5.92 Å². The summed E-state index contributed by atoms with van der Waals surface area (Å²) in [5, 5.41) is 6.03. The molecule has 0 aliphatic heterocycles. The molecule has 0 unspecified atom stereocenters. The van der Waals surface area contributed by atoms with E-state index >= 15 is 0 Å². The van der Waals surface area contributed by atoms with Gasteiger partial charge in [-0.2, -0.15) is 0 Å². The summed E-state index contributed by atoms with van der Waals surface area (Å²) in [6.07, 6.45) is 5.08. The van der Waals surface area contributed by atoms with Crippen LogP contribution in [-0.4, -0.2) is 31.6 Å². The van der Waals surface area contributed by atoms with Gasteiger partial charge in [0.2, 0.25) is 5.91 Å². The molecule has 0 saturated heterocycles. The Morgan fingerprint density at radius 2 is 2.10 bits per heavy atom. The highest BCUT2D eigenvalue weighted by atomic mass is 32.1. The van der Waals surface area contributed by atoms with Crippen LogP contribution in [0.3, 0.4) is 0 Å². The van der Waals surface area contributed by atoms with Crippen molar-refractivity contribution in [2.75, 3.05) is 25.0 Å². The highest BCUT2D eigenvalue weighted by molar-refractivity contribution is 7.16. The molecule has 108 valence electrons. The van der Waals surface area contributed by atoms with Crippen molar-refractivity contribution < 1.29 is 14.3 Å². The van der Waals surface area contributed by atoms with Crippen molar-refractivity contribution in [1.29, 1.82) is 0 Å². The standard InChI is InChI=1S/C14H18N2O3S/c1-5-7-15-8-11(17)16-13-12(14(18)19-6-2)9(3)10(4)20-13/h1,15H,6-8H2,2-4H3,(H,16,17). The third-order valence-corrected chi connectivity index (χ3v) is 3.75. The van der Waals surface area contributed by atoms with Crippen molar-refractivity contribution >= 4 is 28.2 Å². The first-order valence-corrected chi connectivity index (χ1v) is 7.04. The number of rotatable bonds is 6. The van der Waals surface area contributed by atoms with E-state index in [1.165, 1.54) is 11.3 Å². The highest BCUT2D eigenvalue weighted by Gasteiger charge is 2.21. The molecule has 2 N–H and O–H groups in total. The zero-order chi connectivity index (χ0) is 15.1. The number of hydrogen-bond acceptors (Lipinski definition) is 5. The summed E-state index contributed by atoms with van der Waals surface area (Å²) in [6.45, 7) is 6.20. The van der Waals surface area contributed by atoms with Crippen LogP contribution in [-0.2, 0) is 9.53 Å². The van der Waals surface area contributed by atoms with E-state index in [2.05, 4.69) is 16.6 Å². The molecule has 0 spiro atoms. The number of terminal acetylenes is 1. The topological polar surface area (TPSA) is 67.4 Å². The van der Waals surface area contributed by atoms with E-state index < -0.39 is 5.97 Å². The maximum absolute atomic E-state index is 11.9. The molecule has 0 saturated carbocycles. The number of hydrogen-bond donors (Lipinski definition) is 2. The first-order chi connectivity index (χ1) is 9.51. The Morgan fingerprint density at radius 3 is 2.70 bits per heavy atom. The van der Waals surface area contributed by atoms with Crippen molar-refractivity contribution in [1.82, 2.24) is 5.32 Å². The number of nitrogens with one attached hydrogen (secondary N) is 2. The summed E-state index contributed by atoms with van der Waals surface area (Å²) in [5.41, 5.74) is 1.26. The molecular formula is C14H18N2O3S. The lowest BCUT2D eigenvalue weighted by Gasteiger charge is -2.07. The van der Waals surface area contributed by atoms with Gasteiger partial charge < -0.3 is 10.1 Å². The van der Waals surface area contributed by atoms with Crippen LogP contribution in [0.2, 0.25) is 0 Å². The SMILES string of the molecule is C#CCNCC(=O)Nc1sc(C)c(C)c1C(=O)OCC. The van der Waals surface area contributed by atoms with Crippen molar-refractivity contribution in [2.45, 2.75) is 20.8 Å². The van der Waals surface area contributed by atoms with E-state index in [0.29, 0.717) is 23.7 Å². The third-order valence-electron chi connectivity index (χ3n) is 2.63. The summed E-state index contributed by atoms with van der Waals surface area (Å²) in [5.74, 6) is 1.72. The number of anilines is 1. The fourth-order valence-electron chi connectivity index (χ4n) is 1.58. The Labute approximate surface area is 122 Å². The molecule has 0 aromatic carbocycles. The van der Waals surface area contributed by atoms with E-state index in [1.807, 2.05) is 13.8 Å². The van der Waals surface area contributed by atoms with Crippen LogP contribution < -0.4 is 10.6 Å². The lowest BCUT2D eigenvalue weighted by molar-refractivity contribution is -0.115. The minimum absolute atomic E-state index is 0.0997. The highest BCUT2D eigenvalue weighted by Crippen LogP contribution is 2.32. The molecule has 0 aliphatic rings. The average molecular weight is 294 g/mol. The fourth-order valence-corrected chi connectivity index (χ4v) is 2.65. The van der Waals surface area contributed by atoms with Gasteiger partial charge in [0.25, 0.3) is 0 Å². The number of ether oxygens (including phenoxy) is 1. The first kappa shape index (κ1) is 16.2. The number of carbonyl (C=O) groups excluding carboxylic acids is 2. The third kappa shape index (κ3) is 4.08. The summed E-state index contributed by atoms with van der Waals surface area (Å²) in [6, 6.07) is 0. The Balaban J connectivity index is 2.84. The van der Waals surface area contributed by atoms with E-state index in [9.17, 15) is 9.59 Å². The fraction of sp³-hybridized carbons (Fsp3) is 0.429. The molecule has 0 fully saturated rings. The second-order valence-corrected chi connectivity index (χ2v) is 5.29. The summed E-state index contributed by atoms with van der Waals surface area (Å²) < 4.78 is 5.02. The minimum atomic E-state index is -0.416. The zero-order valence-corrected chi connectivity index (χ0v) is 12.6. The first-order valence-electron chi connectivity index (χ1n) is 6.22. The van der Waals surface area contributed by atoms with Crippen LogP contribution >= 0.6 is 11.3 Å². The maximum Gasteiger partial charge on any atom is 0.341 e. The van der Waals surface area contributed by atoms with Crippen LogP contribution in [0, 0.1) is 26.2 Å². The Bertz CT molecular complexity index is 543. The molecule has 1 aromatic heterocycles. The van der Waals surface area contributed by atoms with Gasteiger partial charge in [-0.05, 0) is 26.3 Å². The molecule has 1 rings (SSSR count). The number of esters is 1. The minimum Gasteiger partial charge on any atom is -0.462 e. The average Bonchev–Trinajstić information content (AvgIpc) is 2.65. The van der Waals surface area contributed by atoms with Gasteiger partial charge in [-0.25, -0.2) is 4.79 Å². The maximum atomic E-state index is 11.9. The van der Waals surface area contributed by atoms with E-state index in [0.717, 1.165) is 10.4 Å². The molecule has 1 amide bonds. The van der Waals surface area contributed by atoms with Crippen molar-refractivity contribution in [2.24, 2.45) is 0 Å². The van der Waals surface area contributed by atoms with Crippen LogP contribution in [0.5, 0.6) is 0 Å². The van der Waals surface area contributed by atoms with E-state index in [1.54, 1.807) is 6.92 Å². The van der Waals surface area contributed by atoms with Gasteiger partial charge >= 0.3 is 5.97 Å². The van der Waals surface area contributed by atoms with Gasteiger partial charge in [0, 0.05) is 4.88 Å². The quantitative estimate of drug-likeness (QED) is 0.476. The normalized spacial score (nSPS) is 9.90. The molecule has 20 heavy (non-hydrogen) atoms. The largest absolute Gasteiger partial charge is 0.462 e. The monoisotopic (exact) mass is 294 g/mol. The van der Waals surface area contributed by atoms with E-state index in [-0.39, 0.29) is 12.5 Å². The number of amides is 1. The van der Waals surface area contributed by atoms with Gasteiger partial charge in [-0.3, -0.25) is 10.1 Å². The smallest absolute Gasteiger partial charge is 0.341 e. The molecule has 5 nitrogen and oxygen atoms in total. The summed E-state index contributed by atoms with van der Waals surface area (Å²) in [4.78, 5) is 24.7. The summed E-state index contributed by atoms with van der Waals surface area (Å²) in [7, 11) is 0. The van der Waals surface area contributed by atoms with Gasteiger partial charge in [0.05, 0.1) is 25.3 Å². The van der Waals surface area contributed by atoms with Crippen LogP contribution in [0.1, 0.15) is 27.7 Å². The van der Waals surface area contributed by atoms with Gasteiger partial charge in [-0.15, -0.1) is 17.8 Å². The van der Waals surface area contributed by atoms with Crippen LogP contribution in [0.15, 0.2) is 0 Å². The van der Waals surface area contributed by atoms with E-state index in [4.69, 9.17) is 11.2 Å². The lowest BCUT2D eigenvalue weighted by Crippen LogP contribution is -2.28. The molecule has 0 radical (unpaired) electrons. The molecule has 1 heterocycles. The number of aryl methyl sites for hydroxylation is 1. The predicted octanol–water partition coefficient (Wildman–Crippen LogP) is 1.70. The Kier molecular flexibility index (Phi) is 6.22. The van der Waals surface area contributed by atoms with Gasteiger partial charge in [0.15, 0.2) is 0 Å². The predicted molar refractivity (Wildman–Crippen MR) is 80.1 cm³/mol. The van der Waals surface area contributed by atoms with Gasteiger partial charge in [0.1, 0.15) is 5.00 Å². The molecule has 0 atom stereocenters. The Hall–Kier alpha value is -1.84. The molecule has 0 aliphatic carbocycles. The zero-order valence-electron chi connectivity index (χ0n) is 11.8. The lowest BCUT2D eigenvalue weighted by atomic mass is 10.1. The molecule has 1 aromatic rings. The van der Waals surface area contributed by atoms with Crippen molar-refractivity contribution in [3.05, 3.63) is 16.0 Å². The number of carbonyl (C=O) groups is 2. The second kappa shape index (κ2) is 7.68. The number of thiophene rings is 1. The van der Waals surface area contributed by atoms with Crippen LogP contribution in [0.4, 0.5) is 5.00 Å². The molecule has 6 heteroatoms.